The molecule has 130 valence electrons. The number of fused-ring (bicyclic) bond motifs is 1. The van der Waals surface area contributed by atoms with Gasteiger partial charge in [-0.1, -0.05) is 12.1 Å². The standard InChI is InChI=1S/C18H14N4O3S/c1-22-15-6-5-11(8-13(15)20-18(22)25)16(24)21-17-19-14(9-26-17)10-3-2-4-12(23)7-10/h2-9,23H,1H3,(H,20,25)(H,19,21,24). The number of benzene rings is 2. The quantitative estimate of drug-likeness (QED) is 0.519. The van der Waals surface area contributed by atoms with Gasteiger partial charge < -0.3 is 10.1 Å². The summed E-state index contributed by atoms with van der Waals surface area (Å²) in [6.07, 6.45) is 0. The van der Waals surface area contributed by atoms with Crippen LogP contribution in [0.5, 0.6) is 5.75 Å². The number of aryl methyl sites for hydroxylation is 1. The summed E-state index contributed by atoms with van der Waals surface area (Å²) >= 11 is 1.30. The molecule has 0 aliphatic carbocycles. The molecule has 4 aromatic rings. The van der Waals surface area contributed by atoms with Crippen LogP contribution in [0, 0.1) is 0 Å². The molecule has 0 bridgehead atoms. The highest BCUT2D eigenvalue weighted by Crippen LogP contribution is 2.27. The maximum atomic E-state index is 12.5. The lowest BCUT2D eigenvalue weighted by atomic mass is 10.2. The average molecular weight is 366 g/mol. The molecule has 0 saturated heterocycles. The maximum Gasteiger partial charge on any atom is 0.326 e. The Bertz CT molecular complexity index is 1190. The lowest BCUT2D eigenvalue weighted by Crippen LogP contribution is -2.11. The summed E-state index contributed by atoms with van der Waals surface area (Å²) in [5.74, 6) is -0.153. The second kappa shape index (κ2) is 6.16. The van der Waals surface area contributed by atoms with Crippen molar-refractivity contribution in [3.05, 3.63) is 63.9 Å². The van der Waals surface area contributed by atoms with Crippen LogP contribution in [0.15, 0.2) is 52.6 Å². The highest BCUT2D eigenvalue weighted by Gasteiger charge is 2.12. The minimum Gasteiger partial charge on any atom is -0.508 e. The van der Waals surface area contributed by atoms with Gasteiger partial charge in [0.15, 0.2) is 5.13 Å². The van der Waals surface area contributed by atoms with Gasteiger partial charge in [-0.2, -0.15) is 0 Å². The number of aromatic nitrogens is 3. The van der Waals surface area contributed by atoms with Gasteiger partial charge in [-0.05, 0) is 30.3 Å². The number of nitrogens with zero attached hydrogens (tertiary/aromatic N) is 2. The van der Waals surface area contributed by atoms with Gasteiger partial charge >= 0.3 is 5.69 Å². The van der Waals surface area contributed by atoms with Gasteiger partial charge in [-0.25, -0.2) is 9.78 Å². The van der Waals surface area contributed by atoms with Crippen LogP contribution < -0.4 is 11.0 Å². The van der Waals surface area contributed by atoms with Crippen LogP contribution in [-0.2, 0) is 7.05 Å². The summed E-state index contributed by atoms with van der Waals surface area (Å²) in [6, 6.07) is 11.8. The third kappa shape index (κ3) is 2.86. The van der Waals surface area contributed by atoms with Crippen LogP contribution in [0.2, 0.25) is 0 Å². The number of phenols is 1. The molecule has 0 fully saturated rings. The van der Waals surface area contributed by atoms with Crippen molar-refractivity contribution in [3.8, 4) is 17.0 Å². The van der Waals surface area contributed by atoms with Gasteiger partial charge in [0.2, 0.25) is 0 Å². The highest BCUT2D eigenvalue weighted by atomic mass is 32.1. The number of aromatic hydroxyl groups is 1. The Balaban J connectivity index is 1.58. The minimum absolute atomic E-state index is 0.159. The molecule has 0 spiro atoms. The van der Waals surface area contributed by atoms with Crippen LogP contribution in [0.4, 0.5) is 5.13 Å². The van der Waals surface area contributed by atoms with E-state index in [1.807, 2.05) is 11.4 Å². The first-order chi connectivity index (χ1) is 12.5. The van der Waals surface area contributed by atoms with E-state index in [1.165, 1.54) is 15.9 Å². The molecule has 1 amide bonds. The van der Waals surface area contributed by atoms with E-state index in [1.54, 1.807) is 43.4 Å². The molecule has 2 aromatic carbocycles. The Kier molecular flexibility index (Phi) is 3.81. The van der Waals surface area contributed by atoms with Crippen molar-refractivity contribution < 1.29 is 9.90 Å². The number of thiazole rings is 1. The molecule has 0 radical (unpaired) electrons. The monoisotopic (exact) mass is 366 g/mol. The van der Waals surface area contributed by atoms with Crippen molar-refractivity contribution >= 4 is 33.4 Å². The number of amides is 1. The second-order valence-electron chi connectivity index (χ2n) is 5.76. The molecular formula is C18H14N4O3S. The number of H-pyrrole nitrogens is 1. The zero-order valence-electron chi connectivity index (χ0n) is 13.7. The number of anilines is 1. The van der Waals surface area contributed by atoms with E-state index in [4.69, 9.17) is 0 Å². The van der Waals surface area contributed by atoms with Crippen LogP contribution >= 0.6 is 11.3 Å². The Morgan fingerprint density at radius 2 is 2.12 bits per heavy atom. The number of imidazole rings is 1. The fourth-order valence-electron chi connectivity index (χ4n) is 2.68. The maximum absolute atomic E-state index is 12.5. The Labute approximate surface area is 151 Å². The van der Waals surface area contributed by atoms with E-state index in [9.17, 15) is 14.7 Å². The van der Waals surface area contributed by atoms with Crippen molar-refractivity contribution in [2.75, 3.05) is 5.32 Å². The molecule has 0 aliphatic heterocycles. The normalized spacial score (nSPS) is 11.0. The molecule has 2 heterocycles. The molecule has 3 N–H and O–H groups in total. The summed E-state index contributed by atoms with van der Waals surface area (Å²) in [5.41, 5.74) is 2.97. The first kappa shape index (κ1) is 16.1. The molecule has 26 heavy (non-hydrogen) atoms. The SMILES string of the molecule is Cn1c(=O)[nH]c2cc(C(=O)Nc3nc(-c4cccc(O)c4)cs3)ccc21. The summed E-state index contributed by atoms with van der Waals surface area (Å²) in [7, 11) is 1.67. The number of carbonyl (C=O) groups excluding carboxylic acids is 1. The van der Waals surface area contributed by atoms with Gasteiger partial charge in [-0.3, -0.25) is 14.7 Å². The van der Waals surface area contributed by atoms with Gasteiger partial charge in [-0.15, -0.1) is 11.3 Å². The smallest absolute Gasteiger partial charge is 0.326 e. The van der Waals surface area contributed by atoms with Gasteiger partial charge in [0.25, 0.3) is 5.91 Å². The van der Waals surface area contributed by atoms with E-state index in [-0.39, 0.29) is 17.3 Å². The molecule has 2 aromatic heterocycles. The van der Waals surface area contributed by atoms with Gasteiger partial charge in [0, 0.05) is 23.6 Å². The summed E-state index contributed by atoms with van der Waals surface area (Å²) in [6.45, 7) is 0. The molecule has 0 saturated carbocycles. The third-order valence-electron chi connectivity index (χ3n) is 4.03. The van der Waals surface area contributed by atoms with Crippen molar-refractivity contribution in [3.63, 3.8) is 0 Å². The summed E-state index contributed by atoms with van der Waals surface area (Å²) in [5, 5.41) is 14.6. The number of aromatic amines is 1. The van der Waals surface area contributed by atoms with Gasteiger partial charge in [0.1, 0.15) is 5.75 Å². The molecule has 0 atom stereocenters. The Morgan fingerprint density at radius 1 is 1.27 bits per heavy atom. The van der Waals surface area contributed by atoms with E-state index in [0.717, 1.165) is 11.1 Å². The average Bonchev–Trinajstić information content (AvgIpc) is 3.20. The molecule has 4 rings (SSSR count). The molecule has 0 aliphatic rings. The summed E-state index contributed by atoms with van der Waals surface area (Å²) in [4.78, 5) is 31.2. The van der Waals surface area contributed by atoms with Crippen LogP contribution in [0.25, 0.3) is 22.3 Å². The van der Waals surface area contributed by atoms with Crippen molar-refractivity contribution in [1.29, 1.82) is 0 Å². The zero-order chi connectivity index (χ0) is 18.3. The lowest BCUT2D eigenvalue weighted by Gasteiger charge is -2.02. The van der Waals surface area contributed by atoms with Gasteiger partial charge in [0.05, 0.1) is 16.7 Å². The predicted octanol–water partition coefficient (Wildman–Crippen LogP) is 2.95. The number of nitrogens with one attached hydrogen (secondary N) is 2. The number of carbonyl (C=O) groups is 1. The summed E-state index contributed by atoms with van der Waals surface area (Å²) < 4.78 is 1.49. The molecule has 0 unspecified atom stereocenters. The number of hydrogen-bond acceptors (Lipinski definition) is 5. The van der Waals surface area contributed by atoms with E-state index < -0.39 is 0 Å². The molecular weight excluding hydrogens is 352 g/mol. The number of hydrogen-bond donors (Lipinski definition) is 3. The largest absolute Gasteiger partial charge is 0.508 e. The van der Waals surface area contributed by atoms with E-state index in [2.05, 4.69) is 15.3 Å². The van der Waals surface area contributed by atoms with E-state index in [0.29, 0.717) is 21.9 Å². The Morgan fingerprint density at radius 3 is 2.92 bits per heavy atom. The zero-order valence-corrected chi connectivity index (χ0v) is 14.5. The first-order valence-corrected chi connectivity index (χ1v) is 8.64. The van der Waals surface area contributed by atoms with Crippen LogP contribution in [0.3, 0.4) is 0 Å². The minimum atomic E-state index is -0.312. The topological polar surface area (TPSA) is 100 Å². The van der Waals surface area contributed by atoms with Crippen LogP contribution in [0.1, 0.15) is 10.4 Å². The highest BCUT2D eigenvalue weighted by molar-refractivity contribution is 7.14. The number of phenolic OH excluding ortho intramolecular Hbond substituents is 1. The van der Waals surface area contributed by atoms with Crippen LogP contribution in [-0.4, -0.2) is 25.5 Å². The second-order valence-corrected chi connectivity index (χ2v) is 6.62. The third-order valence-corrected chi connectivity index (χ3v) is 4.79. The molecule has 8 heteroatoms. The van der Waals surface area contributed by atoms with Crippen molar-refractivity contribution in [2.24, 2.45) is 7.05 Å². The number of rotatable bonds is 3. The van der Waals surface area contributed by atoms with E-state index >= 15 is 0 Å². The fourth-order valence-corrected chi connectivity index (χ4v) is 3.39. The first-order valence-electron chi connectivity index (χ1n) is 7.76. The predicted molar refractivity (Wildman–Crippen MR) is 101 cm³/mol. The van der Waals surface area contributed by atoms with Crippen molar-refractivity contribution in [1.82, 2.24) is 14.5 Å². The molecule has 7 nitrogen and oxygen atoms in total. The fraction of sp³-hybridized carbons (Fsp3) is 0.0556. The lowest BCUT2D eigenvalue weighted by molar-refractivity contribution is 0.102. The van der Waals surface area contributed by atoms with Crippen molar-refractivity contribution in [2.45, 2.75) is 0 Å². The Hall–Kier alpha value is -3.39.